The molecule has 0 radical (unpaired) electrons. The lowest BCUT2D eigenvalue weighted by atomic mass is 10.1. The lowest BCUT2D eigenvalue weighted by molar-refractivity contribution is -0.139. The van der Waals surface area contributed by atoms with Gasteiger partial charge in [-0.2, -0.15) is 10.4 Å². The van der Waals surface area contributed by atoms with Gasteiger partial charge in [0.05, 0.1) is 12.8 Å². The zero-order chi connectivity index (χ0) is 19.9. The van der Waals surface area contributed by atoms with Crippen LogP contribution >= 0.6 is 0 Å². The highest BCUT2D eigenvalue weighted by molar-refractivity contribution is 5.89. The molecule has 0 amide bonds. The van der Waals surface area contributed by atoms with Crippen molar-refractivity contribution < 1.29 is 14.3 Å². The van der Waals surface area contributed by atoms with Crippen LogP contribution in [0.4, 0.5) is 0 Å². The third-order valence-corrected chi connectivity index (χ3v) is 4.00. The fourth-order valence-corrected chi connectivity index (χ4v) is 2.67. The van der Waals surface area contributed by atoms with Crippen LogP contribution in [0, 0.1) is 11.3 Å². The molecule has 0 spiro atoms. The minimum absolute atomic E-state index is 0.590. The number of rotatable bonds is 6. The van der Waals surface area contributed by atoms with Crippen LogP contribution in [0.25, 0.3) is 23.0 Å². The molecule has 0 aliphatic rings. The van der Waals surface area contributed by atoms with Gasteiger partial charge >= 0.3 is 5.97 Å². The average Bonchev–Trinajstić information content (AvgIpc) is 3.16. The van der Waals surface area contributed by atoms with Crippen LogP contribution in [0.2, 0.25) is 0 Å². The zero-order valence-electron chi connectivity index (χ0n) is 15.6. The number of nitriles is 1. The minimum atomic E-state index is -0.808. The third-order valence-electron chi connectivity index (χ3n) is 4.00. The van der Waals surface area contributed by atoms with Crippen LogP contribution in [0.3, 0.4) is 0 Å². The molecule has 1 atom stereocenters. The Kier molecular flexibility index (Phi) is 5.87. The molecule has 0 saturated heterocycles. The Morgan fingerprint density at radius 2 is 1.89 bits per heavy atom. The molecule has 140 valence electrons. The summed E-state index contributed by atoms with van der Waals surface area (Å²) in [4.78, 5) is 11.9. The molecule has 6 nitrogen and oxygen atoms in total. The van der Waals surface area contributed by atoms with E-state index in [2.05, 4.69) is 0 Å². The fraction of sp³-hybridized carbons (Fsp3) is 0.136. The average molecular weight is 373 g/mol. The first-order chi connectivity index (χ1) is 13.6. The third kappa shape index (κ3) is 4.27. The SMILES string of the molecule is COc1ccccc1-c1nn(-c2ccccc2)cc1/C=C/C(=O)O[C@H](C)C#N. The Morgan fingerprint density at radius 3 is 2.61 bits per heavy atom. The van der Waals surface area contributed by atoms with Crippen LogP contribution < -0.4 is 4.74 Å². The molecule has 0 aliphatic carbocycles. The van der Waals surface area contributed by atoms with E-state index in [9.17, 15) is 4.79 Å². The fourth-order valence-electron chi connectivity index (χ4n) is 2.67. The number of nitrogens with zero attached hydrogens (tertiary/aromatic N) is 3. The van der Waals surface area contributed by atoms with Crippen molar-refractivity contribution in [2.24, 2.45) is 0 Å². The van der Waals surface area contributed by atoms with E-state index in [4.69, 9.17) is 19.8 Å². The molecular formula is C22H19N3O3. The molecule has 2 aromatic carbocycles. The van der Waals surface area contributed by atoms with E-state index in [1.807, 2.05) is 66.9 Å². The molecule has 0 saturated carbocycles. The van der Waals surface area contributed by atoms with Gasteiger partial charge in [0.2, 0.25) is 0 Å². The van der Waals surface area contributed by atoms with E-state index in [0.29, 0.717) is 11.4 Å². The number of aromatic nitrogens is 2. The Bertz CT molecular complexity index is 1030. The Labute approximate surface area is 163 Å². The molecule has 1 aromatic heterocycles. The van der Waals surface area contributed by atoms with Crippen molar-refractivity contribution in [3.8, 4) is 28.8 Å². The van der Waals surface area contributed by atoms with Crippen LogP contribution in [0.15, 0.2) is 66.9 Å². The highest BCUT2D eigenvalue weighted by atomic mass is 16.5. The van der Waals surface area contributed by atoms with Crippen LogP contribution in [0.1, 0.15) is 12.5 Å². The number of carbonyl (C=O) groups excluding carboxylic acids is 1. The maximum Gasteiger partial charge on any atom is 0.332 e. The number of hydrogen-bond donors (Lipinski definition) is 0. The number of methoxy groups -OCH3 is 1. The second-order valence-corrected chi connectivity index (χ2v) is 5.95. The summed E-state index contributed by atoms with van der Waals surface area (Å²) in [7, 11) is 1.60. The van der Waals surface area contributed by atoms with Gasteiger partial charge in [-0.25, -0.2) is 9.48 Å². The quantitative estimate of drug-likeness (QED) is 0.482. The van der Waals surface area contributed by atoms with Gasteiger partial charge in [-0.3, -0.25) is 0 Å². The molecular weight excluding hydrogens is 354 g/mol. The minimum Gasteiger partial charge on any atom is -0.496 e. The molecule has 3 rings (SSSR count). The van der Waals surface area contributed by atoms with Crippen LogP contribution in [0.5, 0.6) is 5.75 Å². The number of hydrogen-bond acceptors (Lipinski definition) is 5. The van der Waals surface area contributed by atoms with Crippen molar-refractivity contribution in [2.75, 3.05) is 7.11 Å². The summed E-state index contributed by atoms with van der Waals surface area (Å²) in [6.45, 7) is 1.51. The molecule has 0 unspecified atom stereocenters. The highest BCUT2D eigenvalue weighted by Gasteiger charge is 2.15. The van der Waals surface area contributed by atoms with Crippen molar-refractivity contribution in [3.05, 3.63) is 72.4 Å². The van der Waals surface area contributed by atoms with Crippen molar-refractivity contribution in [2.45, 2.75) is 13.0 Å². The van der Waals surface area contributed by atoms with Crippen LogP contribution in [-0.4, -0.2) is 29.0 Å². The monoisotopic (exact) mass is 373 g/mol. The molecule has 1 heterocycles. The topological polar surface area (TPSA) is 77.1 Å². The summed E-state index contributed by atoms with van der Waals surface area (Å²) >= 11 is 0. The first-order valence-electron chi connectivity index (χ1n) is 8.69. The van der Waals surface area contributed by atoms with Crippen molar-refractivity contribution in [1.82, 2.24) is 9.78 Å². The maximum atomic E-state index is 11.9. The van der Waals surface area contributed by atoms with Gasteiger partial charge in [0, 0.05) is 23.4 Å². The van der Waals surface area contributed by atoms with E-state index < -0.39 is 12.1 Å². The first kappa shape index (κ1) is 18.9. The van der Waals surface area contributed by atoms with E-state index in [-0.39, 0.29) is 0 Å². The molecule has 3 aromatic rings. The van der Waals surface area contributed by atoms with Gasteiger partial charge < -0.3 is 9.47 Å². The predicted molar refractivity (Wildman–Crippen MR) is 106 cm³/mol. The number of carbonyl (C=O) groups is 1. The zero-order valence-corrected chi connectivity index (χ0v) is 15.6. The highest BCUT2D eigenvalue weighted by Crippen LogP contribution is 2.32. The van der Waals surface area contributed by atoms with Gasteiger partial charge in [0.25, 0.3) is 0 Å². The summed E-state index contributed by atoms with van der Waals surface area (Å²) < 4.78 is 12.2. The molecule has 0 bridgehead atoms. The molecule has 0 fully saturated rings. The summed E-state index contributed by atoms with van der Waals surface area (Å²) in [6.07, 6.45) is 3.94. The van der Waals surface area contributed by atoms with Gasteiger partial charge in [0.15, 0.2) is 6.10 Å². The maximum absolute atomic E-state index is 11.9. The molecule has 0 aliphatic heterocycles. The number of benzene rings is 2. The predicted octanol–water partition coefficient (Wildman–Crippen LogP) is 4.02. The van der Waals surface area contributed by atoms with Gasteiger partial charge in [-0.05, 0) is 37.3 Å². The van der Waals surface area contributed by atoms with E-state index >= 15 is 0 Å². The Hall–Kier alpha value is -3.85. The van der Waals surface area contributed by atoms with Crippen molar-refractivity contribution >= 4 is 12.0 Å². The normalized spacial score (nSPS) is 11.8. The molecule has 6 heteroatoms. The van der Waals surface area contributed by atoms with Crippen LogP contribution in [-0.2, 0) is 9.53 Å². The molecule has 0 N–H and O–H groups in total. The second kappa shape index (κ2) is 8.69. The lowest BCUT2D eigenvalue weighted by Crippen LogP contribution is -2.10. The number of para-hydroxylation sites is 2. The van der Waals surface area contributed by atoms with Crippen molar-refractivity contribution in [1.29, 1.82) is 5.26 Å². The smallest absolute Gasteiger partial charge is 0.332 e. The van der Waals surface area contributed by atoms with E-state index in [0.717, 1.165) is 16.8 Å². The second-order valence-electron chi connectivity index (χ2n) is 5.95. The van der Waals surface area contributed by atoms with E-state index in [1.54, 1.807) is 17.9 Å². The van der Waals surface area contributed by atoms with Gasteiger partial charge in [-0.1, -0.05) is 30.3 Å². The standard InChI is InChI=1S/C22H19N3O3/c1-16(14-23)28-21(26)13-12-17-15-25(18-8-4-3-5-9-18)24-22(17)19-10-6-7-11-20(19)27-2/h3-13,15-16H,1-2H3/b13-12+/t16-/m1/s1. The van der Waals surface area contributed by atoms with Crippen molar-refractivity contribution in [3.63, 3.8) is 0 Å². The molecule has 28 heavy (non-hydrogen) atoms. The van der Waals surface area contributed by atoms with Gasteiger partial charge in [-0.15, -0.1) is 0 Å². The largest absolute Gasteiger partial charge is 0.496 e. The lowest BCUT2D eigenvalue weighted by Gasteiger charge is -2.06. The summed E-state index contributed by atoms with van der Waals surface area (Å²) in [5.74, 6) is 0.0867. The Morgan fingerprint density at radius 1 is 1.18 bits per heavy atom. The van der Waals surface area contributed by atoms with Gasteiger partial charge in [0.1, 0.15) is 17.5 Å². The summed E-state index contributed by atoms with van der Waals surface area (Å²) in [5, 5.41) is 13.5. The van der Waals surface area contributed by atoms with E-state index in [1.165, 1.54) is 13.0 Å². The number of ether oxygens (including phenoxy) is 2. The first-order valence-corrected chi connectivity index (χ1v) is 8.69. The Balaban J connectivity index is 2.03. The summed E-state index contributed by atoms with van der Waals surface area (Å²) in [5.41, 5.74) is 3.07. The summed E-state index contributed by atoms with van der Waals surface area (Å²) in [6, 6.07) is 19.1. The number of esters is 1.